The van der Waals surface area contributed by atoms with E-state index < -0.39 is 12.0 Å². The molecule has 4 rings (SSSR count). The molecule has 0 aromatic carbocycles. The first-order chi connectivity index (χ1) is 11.9. The van der Waals surface area contributed by atoms with Crippen molar-refractivity contribution in [3.63, 3.8) is 0 Å². The Bertz CT molecular complexity index is 513. The SMILES string of the molecule is C[C@@H](NC(=O)COC(=O)CCNC(N)=O)C12CC3CC(CC(C3)C1)C2. The van der Waals surface area contributed by atoms with Gasteiger partial charge in [-0.05, 0) is 68.6 Å². The second-order valence-electron chi connectivity index (χ2n) is 8.27. The molecule has 4 N–H and O–H groups in total. The lowest BCUT2D eigenvalue weighted by atomic mass is 9.48. The molecule has 1 atom stereocenters. The van der Waals surface area contributed by atoms with Crippen molar-refractivity contribution in [1.29, 1.82) is 0 Å². The molecule has 140 valence electrons. The summed E-state index contributed by atoms with van der Waals surface area (Å²) >= 11 is 0. The maximum Gasteiger partial charge on any atom is 0.312 e. The van der Waals surface area contributed by atoms with E-state index in [1.165, 1.54) is 38.5 Å². The smallest absolute Gasteiger partial charge is 0.312 e. The molecule has 0 spiro atoms. The van der Waals surface area contributed by atoms with E-state index in [0.717, 1.165) is 17.8 Å². The highest BCUT2D eigenvalue weighted by Gasteiger charge is 2.53. The highest BCUT2D eigenvalue weighted by molar-refractivity contribution is 5.81. The molecular formula is C18H29N3O4. The minimum Gasteiger partial charge on any atom is -0.456 e. The Labute approximate surface area is 148 Å². The van der Waals surface area contributed by atoms with Gasteiger partial charge in [-0.2, -0.15) is 0 Å². The van der Waals surface area contributed by atoms with Crippen LogP contribution in [0.3, 0.4) is 0 Å². The van der Waals surface area contributed by atoms with Gasteiger partial charge < -0.3 is 21.1 Å². The van der Waals surface area contributed by atoms with Crippen LogP contribution in [-0.4, -0.2) is 37.1 Å². The van der Waals surface area contributed by atoms with E-state index in [0.29, 0.717) is 0 Å². The third-order valence-corrected chi connectivity index (χ3v) is 6.37. The molecule has 0 radical (unpaired) electrons. The summed E-state index contributed by atoms with van der Waals surface area (Å²) in [7, 11) is 0. The number of esters is 1. The maximum atomic E-state index is 12.2. The van der Waals surface area contributed by atoms with Crippen LogP contribution in [0.2, 0.25) is 0 Å². The molecule has 0 unspecified atom stereocenters. The van der Waals surface area contributed by atoms with Crippen molar-refractivity contribution in [3.05, 3.63) is 0 Å². The fourth-order valence-electron chi connectivity index (χ4n) is 5.65. The zero-order valence-electron chi connectivity index (χ0n) is 14.9. The monoisotopic (exact) mass is 351 g/mol. The second-order valence-corrected chi connectivity index (χ2v) is 8.27. The van der Waals surface area contributed by atoms with Gasteiger partial charge in [-0.1, -0.05) is 0 Å². The number of hydrogen-bond donors (Lipinski definition) is 3. The normalized spacial score (nSPS) is 33.6. The fraction of sp³-hybridized carbons (Fsp3) is 0.833. The molecule has 4 aliphatic rings. The number of urea groups is 1. The molecule has 25 heavy (non-hydrogen) atoms. The minimum atomic E-state index is -0.685. The topological polar surface area (TPSA) is 111 Å². The van der Waals surface area contributed by atoms with Gasteiger partial charge in [0.1, 0.15) is 0 Å². The first-order valence-corrected chi connectivity index (χ1v) is 9.34. The van der Waals surface area contributed by atoms with E-state index in [-0.39, 0.29) is 36.9 Å². The quantitative estimate of drug-likeness (QED) is 0.601. The van der Waals surface area contributed by atoms with E-state index in [2.05, 4.69) is 17.6 Å². The van der Waals surface area contributed by atoms with Gasteiger partial charge in [0, 0.05) is 12.6 Å². The van der Waals surface area contributed by atoms with Crippen LogP contribution in [0.4, 0.5) is 4.79 Å². The van der Waals surface area contributed by atoms with Crippen LogP contribution in [-0.2, 0) is 14.3 Å². The van der Waals surface area contributed by atoms with Gasteiger partial charge in [0.2, 0.25) is 0 Å². The molecule has 0 aromatic heterocycles. The Morgan fingerprint density at radius 2 is 1.68 bits per heavy atom. The van der Waals surface area contributed by atoms with Crippen molar-refractivity contribution in [2.75, 3.05) is 13.2 Å². The molecule has 4 aliphatic carbocycles. The lowest BCUT2D eigenvalue weighted by Gasteiger charge is -2.59. The van der Waals surface area contributed by atoms with E-state index in [1.807, 2.05) is 0 Å². The zero-order valence-corrected chi connectivity index (χ0v) is 14.9. The number of nitrogens with one attached hydrogen (secondary N) is 2. The number of hydrogen-bond acceptors (Lipinski definition) is 4. The molecule has 4 bridgehead atoms. The zero-order chi connectivity index (χ0) is 18.0. The molecule has 0 saturated heterocycles. The van der Waals surface area contributed by atoms with Crippen LogP contribution >= 0.6 is 0 Å². The van der Waals surface area contributed by atoms with Crippen molar-refractivity contribution in [2.45, 2.75) is 57.9 Å². The van der Waals surface area contributed by atoms with Gasteiger partial charge in [0.15, 0.2) is 6.61 Å². The standard InChI is InChI=1S/C18H29N3O4/c1-11(18-7-12-4-13(8-18)6-14(5-12)9-18)21-15(22)10-25-16(23)2-3-20-17(19)24/h11-14H,2-10H2,1H3,(H,21,22)(H3,19,20,24)/t11-,12?,13?,14?,18?/m1/s1. The van der Waals surface area contributed by atoms with Crippen LogP contribution in [0.15, 0.2) is 0 Å². The average molecular weight is 351 g/mol. The molecule has 4 saturated carbocycles. The lowest BCUT2D eigenvalue weighted by Crippen LogP contribution is -2.56. The van der Waals surface area contributed by atoms with Gasteiger partial charge in [0.25, 0.3) is 5.91 Å². The number of carbonyl (C=O) groups is 3. The molecular weight excluding hydrogens is 322 g/mol. The molecule has 0 heterocycles. The molecule has 4 fully saturated rings. The second kappa shape index (κ2) is 7.22. The molecule has 0 aromatic rings. The summed E-state index contributed by atoms with van der Waals surface area (Å²) < 4.78 is 4.96. The first-order valence-electron chi connectivity index (χ1n) is 9.34. The average Bonchev–Trinajstić information content (AvgIpc) is 2.51. The van der Waals surface area contributed by atoms with E-state index in [1.54, 1.807) is 0 Å². The number of nitrogens with two attached hydrogens (primary N) is 1. The predicted octanol–water partition coefficient (Wildman–Crippen LogP) is 1.31. The Balaban J connectivity index is 1.42. The number of ether oxygens (including phenoxy) is 1. The van der Waals surface area contributed by atoms with Gasteiger partial charge >= 0.3 is 12.0 Å². The van der Waals surface area contributed by atoms with E-state index in [4.69, 9.17) is 10.5 Å². The minimum absolute atomic E-state index is 0.000745. The Kier molecular flexibility index (Phi) is 5.20. The third kappa shape index (κ3) is 4.25. The third-order valence-electron chi connectivity index (χ3n) is 6.37. The van der Waals surface area contributed by atoms with Crippen molar-refractivity contribution in [1.82, 2.24) is 10.6 Å². The maximum absolute atomic E-state index is 12.2. The number of rotatable bonds is 7. The number of primary amides is 1. The summed E-state index contributed by atoms with van der Waals surface area (Å²) in [4.78, 5) is 34.2. The van der Waals surface area contributed by atoms with E-state index >= 15 is 0 Å². The number of carbonyl (C=O) groups excluding carboxylic acids is 3. The van der Waals surface area contributed by atoms with Gasteiger partial charge in [0.05, 0.1) is 6.42 Å². The molecule has 7 heteroatoms. The Morgan fingerprint density at radius 1 is 1.12 bits per heavy atom. The largest absolute Gasteiger partial charge is 0.456 e. The van der Waals surface area contributed by atoms with Crippen molar-refractivity contribution < 1.29 is 19.1 Å². The Morgan fingerprint density at radius 3 is 2.20 bits per heavy atom. The summed E-state index contributed by atoms with van der Waals surface area (Å²) in [6.07, 6.45) is 7.78. The summed E-state index contributed by atoms with van der Waals surface area (Å²) in [5.41, 5.74) is 5.15. The van der Waals surface area contributed by atoms with Gasteiger partial charge in [-0.15, -0.1) is 0 Å². The van der Waals surface area contributed by atoms with Crippen LogP contribution in [0, 0.1) is 23.2 Å². The molecule has 3 amide bonds. The lowest BCUT2D eigenvalue weighted by molar-refractivity contribution is -0.149. The van der Waals surface area contributed by atoms with Crippen LogP contribution in [0.1, 0.15) is 51.9 Å². The van der Waals surface area contributed by atoms with Crippen LogP contribution in [0.25, 0.3) is 0 Å². The Hall–Kier alpha value is -1.79. The summed E-state index contributed by atoms with van der Waals surface area (Å²) in [5, 5.41) is 5.37. The van der Waals surface area contributed by atoms with Crippen LogP contribution in [0.5, 0.6) is 0 Å². The first kappa shape index (κ1) is 18.0. The molecule has 7 nitrogen and oxygen atoms in total. The van der Waals surface area contributed by atoms with Crippen molar-refractivity contribution in [2.24, 2.45) is 28.9 Å². The van der Waals surface area contributed by atoms with Crippen molar-refractivity contribution in [3.8, 4) is 0 Å². The molecule has 0 aliphatic heterocycles. The van der Waals surface area contributed by atoms with E-state index in [9.17, 15) is 14.4 Å². The summed E-state index contributed by atoms with van der Waals surface area (Å²) in [6, 6.07) is -0.571. The summed E-state index contributed by atoms with van der Waals surface area (Å²) in [5.74, 6) is 1.73. The van der Waals surface area contributed by atoms with Gasteiger partial charge in [-0.3, -0.25) is 9.59 Å². The highest BCUT2D eigenvalue weighted by atomic mass is 16.5. The summed E-state index contributed by atoms with van der Waals surface area (Å²) in [6.45, 7) is 1.94. The number of amides is 3. The van der Waals surface area contributed by atoms with Crippen LogP contribution < -0.4 is 16.4 Å². The fourth-order valence-corrected chi connectivity index (χ4v) is 5.65. The predicted molar refractivity (Wildman–Crippen MR) is 91.4 cm³/mol. The van der Waals surface area contributed by atoms with Gasteiger partial charge in [-0.25, -0.2) is 4.79 Å². The van der Waals surface area contributed by atoms with Crippen molar-refractivity contribution >= 4 is 17.9 Å². The highest BCUT2D eigenvalue weighted by Crippen LogP contribution is 2.61.